The Morgan fingerprint density at radius 1 is 1.24 bits per heavy atom. The lowest BCUT2D eigenvalue weighted by atomic mass is 10.2. The normalized spacial score (nSPS) is 10.1. The zero-order valence-electron chi connectivity index (χ0n) is 18.8. The second-order valence-electron chi connectivity index (χ2n) is 6.76. The average molecular weight is 465 g/mol. The van der Waals surface area contributed by atoms with E-state index in [-0.39, 0.29) is 23.5 Å². The van der Waals surface area contributed by atoms with Crippen molar-refractivity contribution in [3.8, 4) is 31.4 Å². The fourth-order valence-electron chi connectivity index (χ4n) is 3.16. The number of amides is 1. The van der Waals surface area contributed by atoms with Gasteiger partial charge in [-0.25, -0.2) is 19.3 Å². The SMILES string of the molecule is C#C.C#C.COc1cc2nc(N)n3nc(CCCCN(C)C(=O)c4ncco4)nc3c2cc1F. The number of rotatable bonds is 7. The Morgan fingerprint density at radius 2 is 1.97 bits per heavy atom. The van der Waals surface area contributed by atoms with E-state index < -0.39 is 5.82 Å². The Bertz CT molecular complexity index is 1290. The molecule has 3 aromatic heterocycles. The minimum Gasteiger partial charge on any atom is -0.494 e. The van der Waals surface area contributed by atoms with Crippen molar-refractivity contribution in [1.82, 2.24) is 29.5 Å². The summed E-state index contributed by atoms with van der Waals surface area (Å²) in [6.07, 6.45) is 20.8. The summed E-state index contributed by atoms with van der Waals surface area (Å²) in [5.74, 6) is 0.0886. The number of nitrogen functional groups attached to an aromatic ring is 1. The number of aromatic nitrogens is 5. The van der Waals surface area contributed by atoms with Gasteiger partial charge in [0.25, 0.3) is 5.89 Å². The maximum absolute atomic E-state index is 14.2. The molecule has 0 aliphatic carbocycles. The first kappa shape index (κ1) is 25.6. The van der Waals surface area contributed by atoms with Crippen LogP contribution in [0.25, 0.3) is 16.6 Å². The van der Waals surface area contributed by atoms with Crippen molar-refractivity contribution in [2.24, 2.45) is 0 Å². The first-order valence-electron chi connectivity index (χ1n) is 9.98. The van der Waals surface area contributed by atoms with Crippen LogP contribution in [0.1, 0.15) is 29.4 Å². The van der Waals surface area contributed by atoms with Gasteiger partial charge in [0.15, 0.2) is 23.0 Å². The van der Waals surface area contributed by atoms with Crippen LogP contribution in [0.2, 0.25) is 0 Å². The molecule has 1 amide bonds. The standard InChI is InChI=1S/C19H20FN7O3.2C2H2/c1-26(18(28)17-22-6-8-30-17)7-4-3-5-15-24-16-11-9-12(20)14(29-2)10-13(11)23-19(21)27(16)25-15;2*1-2/h6,8-10H,3-5,7H2,1-2H3,(H2,21,23);2*1-2H. The van der Waals surface area contributed by atoms with E-state index in [0.717, 1.165) is 12.8 Å². The fourth-order valence-corrected chi connectivity index (χ4v) is 3.16. The predicted molar refractivity (Wildman–Crippen MR) is 125 cm³/mol. The van der Waals surface area contributed by atoms with Gasteiger partial charge in [0, 0.05) is 31.5 Å². The molecule has 1 aromatic carbocycles. The van der Waals surface area contributed by atoms with E-state index in [4.69, 9.17) is 14.9 Å². The van der Waals surface area contributed by atoms with Gasteiger partial charge in [-0.05, 0) is 18.9 Å². The molecule has 176 valence electrons. The molecule has 0 saturated carbocycles. The van der Waals surface area contributed by atoms with Crippen molar-refractivity contribution < 1.29 is 18.3 Å². The van der Waals surface area contributed by atoms with Crippen LogP contribution in [0.3, 0.4) is 0 Å². The third-order valence-electron chi connectivity index (χ3n) is 4.72. The van der Waals surface area contributed by atoms with Gasteiger partial charge in [0.2, 0.25) is 5.95 Å². The van der Waals surface area contributed by atoms with E-state index in [1.54, 1.807) is 11.9 Å². The van der Waals surface area contributed by atoms with Gasteiger partial charge in [0.05, 0.1) is 18.8 Å². The summed E-state index contributed by atoms with van der Waals surface area (Å²) in [5, 5.41) is 4.88. The molecule has 0 atom stereocenters. The van der Waals surface area contributed by atoms with Crippen LogP contribution in [0.5, 0.6) is 5.75 Å². The van der Waals surface area contributed by atoms with Gasteiger partial charge in [-0.1, -0.05) is 0 Å². The third kappa shape index (κ3) is 5.40. The Hall–Kier alpha value is -4.64. The molecular formula is C23H24FN7O3. The van der Waals surface area contributed by atoms with E-state index in [2.05, 4.69) is 45.7 Å². The first-order chi connectivity index (χ1) is 16.5. The molecule has 0 aliphatic heterocycles. The van der Waals surface area contributed by atoms with Crippen LogP contribution in [-0.2, 0) is 6.42 Å². The molecule has 0 unspecified atom stereocenters. The quantitative estimate of drug-likeness (QED) is 0.326. The van der Waals surface area contributed by atoms with Crippen molar-refractivity contribution >= 4 is 28.4 Å². The number of halogens is 1. The number of ether oxygens (including phenoxy) is 1. The number of fused-ring (bicyclic) bond motifs is 3. The molecule has 0 fully saturated rings. The maximum Gasteiger partial charge on any atom is 0.309 e. The number of hydrogen-bond donors (Lipinski definition) is 1. The highest BCUT2D eigenvalue weighted by molar-refractivity contribution is 5.93. The van der Waals surface area contributed by atoms with Crippen LogP contribution in [-0.4, -0.2) is 56.1 Å². The summed E-state index contributed by atoms with van der Waals surface area (Å²) in [4.78, 5) is 26.3. The molecule has 0 bridgehead atoms. The van der Waals surface area contributed by atoms with Crippen LogP contribution in [0, 0.1) is 31.5 Å². The molecule has 34 heavy (non-hydrogen) atoms. The monoisotopic (exact) mass is 465 g/mol. The third-order valence-corrected chi connectivity index (χ3v) is 4.72. The Kier molecular flexibility index (Phi) is 8.91. The molecule has 0 saturated heterocycles. The lowest BCUT2D eigenvalue weighted by molar-refractivity contribution is 0.0753. The number of benzene rings is 1. The minimum absolute atomic E-state index is 0.0678. The highest BCUT2D eigenvalue weighted by Crippen LogP contribution is 2.27. The number of nitrogens with zero attached hydrogens (tertiary/aromatic N) is 6. The number of anilines is 1. The Labute approximate surface area is 195 Å². The Balaban J connectivity index is 0.000000970. The number of methoxy groups -OCH3 is 1. The topological polar surface area (TPSA) is 125 Å². The zero-order chi connectivity index (χ0) is 25.3. The lowest BCUT2D eigenvalue weighted by Crippen LogP contribution is -2.28. The van der Waals surface area contributed by atoms with Crippen molar-refractivity contribution in [1.29, 1.82) is 0 Å². The van der Waals surface area contributed by atoms with Gasteiger partial charge in [-0.2, -0.15) is 4.52 Å². The number of unbranched alkanes of at least 4 members (excludes halogenated alkanes) is 1. The van der Waals surface area contributed by atoms with E-state index in [0.29, 0.717) is 35.3 Å². The minimum atomic E-state index is -0.512. The summed E-state index contributed by atoms with van der Waals surface area (Å²) in [6.45, 7) is 0.534. The number of nitrogens with two attached hydrogens (primary N) is 1. The van der Waals surface area contributed by atoms with Crippen molar-refractivity contribution in [2.45, 2.75) is 19.3 Å². The molecular weight excluding hydrogens is 441 g/mol. The summed E-state index contributed by atoms with van der Waals surface area (Å²) in [7, 11) is 3.08. The summed E-state index contributed by atoms with van der Waals surface area (Å²) in [6, 6.07) is 2.80. The second kappa shape index (κ2) is 11.8. The molecule has 4 rings (SSSR count). The fraction of sp³-hybridized carbons (Fsp3) is 0.261. The molecule has 10 nitrogen and oxygen atoms in total. The second-order valence-corrected chi connectivity index (χ2v) is 6.76. The number of carbonyl (C=O) groups excluding carboxylic acids is 1. The van der Waals surface area contributed by atoms with Gasteiger partial charge >= 0.3 is 5.91 Å². The van der Waals surface area contributed by atoms with Crippen molar-refractivity contribution in [3.05, 3.63) is 42.1 Å². The van der Waals surface area contributed by atoms with Crippen LogP contribution in [0.15, 0.2) is 29.0 Å². The van der Waals surface area contributed by atoms with Crippen molar-refractivity contribution in [2.75, 3.05) is 26.4 Å². The highest BCUT2D eigenvalue weighted by atomic mass is 19.1. The predicted octanol–water partition coefficient (Wildman–Crippen LogP) is 2.59. The first-order valence-corrected chi connectivity index (χ1v) is 9.98. The molecule has 11 heteroatoms. The summed E-state index contributed by atoms with van der Waals surface area (Å²) >= 11 is 0. The molecule has 3 heterocycles. The van der Waals surface area contributed by atoms with Gasteiger partial charge < -0.3 is 19.8 Å². The molecule has 2 N–H and O–H groups in total. The zero-order valence-corrected chi connectivity index (χ0v) is 18.8. The average Bonchev–Trinajstić information content (AvgIpc) is 3.55. The number of hydrogen-bond acceptors (Lipinski definition) is 8. The summed E-state index contributed by atoms with van der Waals surface area (Å²) in [5.41, 5.74) is 6.91. The molecule has 0 spiro atoms. The number of oxazole rings is 1. The summed E-state index contributed by atoms with van der Waals surface area (Å²) < 4.78 is 25.6. The van der Waals surface area contributed by atoms with E-state index >= 15 is 0 Å². The molecule has 4 aromatic rings. The largest absolute Gasteiger partial charge is 0.494 e. The van der Waals surface area contributed by atoms with E-state index in [9.17, 15) is 9.18 Å². The van der Waals surface area contributed by atoms with Gasteiger partial charge in [-0.15, -0.1) is 30.8 Å². The maximum atomic E-state index is 14.2. The molecule has 0 radical (unpaired) electrons. The number of aryl methyl sites for hydroxylation is 1. The van der Waals surface area contributed by atoms with Crippen LogP contribution < -0.4 is 10.5 Å². The van der Waals surface area contributed by atoms with Gasteiger partial charge in [0.1, 0.15) is 6.26 Å². The lowest BCUT2D eigenvalue weighted by Gasteiger charge is -2.14. The van der Waals surface area contributed by atoms with Crippen LogP contribution in [0.4, 0.5) is 10.3 Å². The van der Waals surface area contributed by atoms with E-state index in [1.165, 1.54) is 36.2 Å². The van der Waals surface area contributed by atoms with E-state index in [1.807, 2.05) is 0 Å². The smallest absolute Gasteiger partial charge is 0.309 e. The van der Waals surface area contributed by atoms with Gasteiger partial charge in [-0.3, -0.25) is 4.79 Å². The number of terminal acetylenes is 2. The molecule has 0 aliphatic rings. The Morgan fingerprint density at radius 3 is 2.62 bits per heavy atom. The van der Waals surface area contributed by atoms with Crippen molar-refractivity contribution in [3.63, 3.8) is 0 Å². The highest BCUT2D eigenvalue weighted by Gasteiger charge is 2.17. The number of carbonyl (C=O) groups is 1. The van der Waals surface area contributed by atoms with Crippen LogP contribution >= 0.6 is 0 Å².